The molecule has 3 aromatic rings. The van der Waals surface area contributed by atoms with Gasteiger partial charge in [-0.15, -0.1) is 11.3 Å². The highest BCUT2D eigenvalue weighted by atomic mass is 79.9. The molecule has 0 unspecified atom stereocenters. The number of hydrogen-bond donors (Lipinski definition) is 3. The Kier molecular flexibility index (Phi) is 4.28. The Morgan fingerprint density at radius 1 is 1.23 bits per heavy atom. The second kappa shape index (κ2) is 6.48. The minimum Gasteiger partial charge on any atom is -0.356 e. The minimum absolute atomic E-state index is 0.348. The second-order valence-electron chi connectivity index (χ2n) is 6.32. The number of H-pyrrole nitrogens is 1. The van der Waals surface area contributed by atoms with Crippen LogP contribution in [0.15, 0.2) is 16.7 Å². The number of fused-ring (bicyclic) bond motifs is 1. The molecule has 3 heterocycles. The lowest BCUT2D eigenvalue weighted by molar-refractivity contribution is 0.0846. The standard InChI is InChI=1S/C17H16BrN5O2S/c1-7-12-8(2)20-14(9-3-4-9)21-17(12)26-13(7)16(25)23-22-15(24)11-5-10(18)6-19-11/h5-6,9,19H,3-4H2,1-2H3,(H,22,24)(H,23,25). The van der Waals surface area contributed by atoms with Crippen LogP contribution in [0.5, 0.6) is 0 Å². The average molecular weight is 434 g/mol. The van der Waals surface area contributed by atoms with E-state index in [4.69, 9.17) is 0 Å². The summed E-state index contributed by atoms with van der Waals surface area (Å²) in [5.74, 6) is 0.540. The van der Waals surface area contributed by atoms with Crippen LogP contribution in [-0.2, 0) is 0 Å². The Hall–Kier alpha value is -2.26. The zero-order chi connectivity index (χ0) is 18.4. The van der Waals surface area contributed by atoms with Crippen LogP contribution < -0.4 is 10.9 Å². The third kappa shape index (κ3) is 3.12. The van der Waals surface area contributed by atoms with Crippen molar-refractivity contribution in [1.82, 2.24) is 25.8 Å². The summed E-state index contributed by atoms with van der Waals surface area (Å²) in [6.07, 6.45) is 3.90. The number of nitrogens with one attached hydrogen (secondary N) is 3. The number of carbonyl (C=O) groups is 2. The zero-order valence-electron chi connectivity index (χ0n) is 14.1. The van der Waals surface area contributed by atoms with Gasteiger partial charge in [-0.2, -0.15) is 0 Å². The number of halogens is 1. The predicted octanol–water partition coefficient (Wildman–Crippen LogP) is 3.35. The van der Waals surface area contributed by atoms with E-state index in [1.54, 1.807) is 12.3 Å². The lowest BCUT2D eigenvalue weighted by Gasteiger charge is -2.05. The van der Waals surface area contributed by atoms with E-state index in [1.807, 2.05) is 13.8 Å². The van der Waals surface area contributed by atoms with Gasteiger partial charge in [0.2, 0.25) is 0 Å². The normalized spacial score (nSPS) is 13.8. The van der Waals surface area contributed by atoms with E-state index in [1.165, 1.54) is 11.3 Å². The summed E-state index contributed by atoms with van der Waals surface area (Å²) in [7, 11) is 0. The highest BCUT2D eigenvalue weighted by Gasteiger charge is 2.28. The molecule has 0 saturated heterocycles. The number of hydrogen-bond acceptors (Lipinski definition) is 5. The highest BCUT2D eigenvalue weighted by molar-refractivity contribution is 9.10. The van der Waals surface area contributed by atoms with Crippen LogP contribution in [0.2, 0.25) is 0 Å². The highest BCUT2D eigenvalue weighted by Crippen LogP contribution is 2.40. The maximum absolute atomic E-state index is 12.5. The van der Waals surface area contributed by atoms with Gasteiger partial charge in [-0.05, 0) is 54.2 Å². The van der Waals surface area contributed by atoms with E-state index in [9.17, 15) is 9.59 Å². The summed E-state index contributed by atoms with van der Waals surface area (Å²) in [4.78, 5) is 38.0. The molecule has 1 fully saturated rings. The number of aromatic nitrogens is 3. The van der Waals surface area contributed by atoms with E-state index in [2.05, 4.69) is 41.7 Å². The van der Waals surface area contributed by atoms with Crippen LogP contribution in [0.3, 0.4) is 0 Å². The van der Waals surface area contributed by atoms with Crippen molar-refractivity contribution >= 4 is 49.3 Å². The van der Waals surface area contributed by atoms with Crippen LogP contribution in [0.25, 0.3) is 10.2 Å². The van der Waals surface area contributed by atoms with Gasteiger partial charge in [-0.1, -0.05) is 0 Å². The summed E-state index contributed by atoms with van der Waals surface area (Å²) in [6.45, 7) is 3.83. The average Bonchev–Trinajstić information content (AvgIpc) is 3.28. The van der Waals surface area contributed by atoms with Gasteiger partial charge >= 0.3 is 0 Å². The third-order valence-corrected chi connectivity index (χ3v) is 5.96. The molecule has 134 valence electrons. The molecule has 0 spiro atoms. The molecule has 3 aromatic heterocycles. The number of aryl methyl sites for hydroxylation is 2. The van der Waals surface area contributed by atoms with Crippen LogP contribution in [-0.4, -0.2) is 26.8 Å². The van der Waals surface area contributed by atoms with Crippen molar-refractivity contribution in [3.8, 4) is 0 Å². The number of hydrazine groups is 1. The Bertz CT molecular complexity index is 1040. The molecular weight excluding hydrogens is 418 g/mol. The first kappa shape index (κ1) is 17.2. The van der Waals surface area contributed by atoms with Crippen molar-refractivity contribution in [3.63, 3.8) is 0 Å². The molecule has 0 aromatic carbocycles. The van der Waals surface area contributed by atoms with Crippen molar-refractivity contribution in [3.05, 3.63) is 44.4 Å². The van der Waals surface area contributed by atoms with Gasteiger partial charge in [0.25, 0.3) is 11.8 Å². The summed E-state index contributed by atoms with van der Waals surface area (Å²) < 4.78 is 0.759. The fraction of sp³-hybridized carbons (Fsp3) is 0.294. The summed E-state index contributed by atoms with van der Waals surface area (Å²) in [5, 5.41) is 0.921. The lowest BCUT2D eigenvalue weighted by Crippen LogP contribution is -2.41. The second-order valence-corrected chi connectivity index (χ2v) is 8.23. The van der Waals surface area contributed by atoms with Gasteiger partial charge in [0.1, 0.15) is 16.3 Å². The number of amides is 2. The molecule has 3 N–H and O–H groups in total. The quantitative estimate of drug-likeness (QED) is 0.551. The number of thiophene rings is 1. The smallest absolute Gasteiger partial charge is 0.286 e. The molecule has 26 heavy (non-hydrogen) atoms. The zero-order valence-corrected chi connectivity index (χ0v) is 16.5. The van der Waals surface area contributed by atoms with Crippen molar-refractivity contribution < 1.29 is 9.59 Å². The Morgan fingerprint density at radius 2 is 1.96 bits per heavy atom. The number of rotatable bonds is 3. The molecular formula is C17H16BrN5O2S. The monoisotopic (exact) mass is 433 g/mol. The van der Waals surface area contributed by atoms with Crippen LogP contribution in [0, 0.1) is 13.8 Å². The van der Waals surface area contributed by atoms with E-state index >= 15 is 0 Å². The topological polar surface area (TPSA) is 99.8 Å². The first-order valence-corrected chi connectivity index (χ1v) is 9.77. The molecule has 4 rings (SSSR count). The molecule has 2 amide bonds. The van der Waals surface area contributed by atoms with E-state index in [0.717, 1.165) is 44.6 Å². The van der Waals surface area contributed by atoms with Gasteiger partial charge in [0.05, 0.1) is 10.6 Å². The van der Waals surface area contributed by atoms with Crippen molar-refractivity contribution in [2.45, 2.75) is 32.6 Å². The van der Waals surface area contributed by atoms with Crippen molar-refractivity contribution in [1.29, 1.82) is 0 Å². The Morgan fingerprint density at radius 3 is 2.62 bits per heavy atom. The molecule has 1 aliphatic carbocycles. The van der Waals surface area contributed by atoms with E-state index in [0.29, 0.717) is 16.5 Å². The SMILES string of the molecule is Cc1nc(C2CC2)nc2sc(C(=O)NNC(=O)c3cc(Br)c[nH]3)c(C)c12. The first-order valence-electron chi connectivity index (χ1n) is 8.16. The fourth-order valence-corrected chi connectivity index (χ4v) is 4.31. The summed E-state index contributed by atoms with van der Waals surface area (Å²) >= 11 is 4.59. The van der Waals surface area contributed by atoms with Crippen molar-refractivity contribution in [2.75, 3.05) is 0 Å². The number of aromatic amines is 1. The first-order chi connectivity index (χ1) is 12.4. The van der Waals surface area contributed by atoms with Gasteiger partial charge < -0.3 is 4.98 Å². The summed E-state index contributed by atoms with van der Waals surface area (Å²) in [5.41, 5.74) is 6.96. The number of nitrogens with zero attached hydrogens (tertiary/aromatic N) is 2. The van der Waals surface area contributed by atoms with Crippen LogP contribution >= 0.6 is 27.3 Å². The molecule has 9 heteroatoms. The maximum atomic E-state index is 12.5. The van der Waals surface area contributed by atoms with E-state index in [-0.39, 0.29) is 5.91 Å². The predicted molar refractivity (Wildman–Crippen MR) is 102 cm³/mol. The largest absolute Gasteiger partial charge is 0.356 e. The summed E-state index contributed by atoms with van der Waals surface area (Å²) in [6, 6.07) is 1.63. The van der Waals surface area contributed by atoms with Gasteiger partial charge in [-0.25, -0.2) is 9.97 Å². The maximum Gasteiger partial charge on any atom is 0.286 e. The molecule has 1 saturated carbocycles. The molecule has 0 bridgehead atoms. The Labute approximate surface area is 161 Å². The Balaban J connectivity index is 1.55. The molecule has 0 aliphatic heterocycles. The molecule has 0 atom stereocenters. The third-order valence-electron chi connectivity index (χ3n) is 4.32. The van der Waals surface area contributed by atoms with E-state index < -0.39 is 5.91 Å². The molecule has 1 aliphatic rings. The van der Waals surface area contributed by atoms with Gasteiger partial charge in [0.15, 0.2) is 0 Å². The molecule has 7 nitrogen and oxygen atoms in total. The van der Waals surface area contributed by atoms with Gasteiger partial charge in [-0.3, -0.25) is 20.4 Å². The van der Waals surface area contributed by atoms with Crippen LogP contribution in [0.1, 0.15) is 56.0 Å². The molecule has 0 radical (unpaired) electrons. The lowest BCUT2D eigenvalue weighted by atomic mass is 10.1. The number of carbonyl (C=O) groups excluding carboxylic acids is 2. The van der Waals surface area contributed by atoms with Crippen molar-refractivity contribution in [2.24, 2.45) is 0 Å². The fourth-order valence-electron chi connectivity index (χ4n) is 2.84. The van der Waals surface area contributed by atoms with Gasteiger partial charge in [0, 0.05) is 22.0 Å². The minimum atomic E-state index is -0.421. The van der Waals surface area contributed by atoms with Crippen LogP contribution in [0.4, 0.5) is 0 Å².